The van der Waals surface area contributed by atoms with E-state index in [2.05, 4.69) is 13.5 Å². The van der Waals surface area contributed by atoms with Crippen LogP contribution < -0.4 is 0 Å². The van der Waals surface area contributed by atoms with E-state index >= 15 is 0 Å². The molecule has 0 aromatic rings. The molecule has 0 aliphatic heterocycles. The van der Waals surface area contributed by atoms with Crippen molar-refractivity contribution in [1.29, 1.82) is 0 Å². The summed E-state index contributed by atoms with van der Waals surface area (Å²) in [5, 5.41) is 0. The van der Waals surface area contributed by atoms with E-state index in [0.29, 0.717) is 139 Å². The van der Waals surface area contributed by atoms with Gasteiger partial charge in [-0.15, -0.1) is 0 Å². The van der Waals surface area contributed by atoms with Crippen molar-refractivity contribution in [1.82, 2.24) is 0 Å². The van der Waals surface area contributed by atoms with E-state index in [0.717, 1.165) is 18.9 Å². The van der Waals surface area contributed by atoms with E-state index in [1.165, 1.54) is 25.7 Å². The Labute approximate surface area is 288 Å². The molecule has 0 atom stereocenters. The van der Waals surface area contributed by atoms with E-state index < -0.39 is 5.97 Å². The second-order valence-corrected chi connectivity index (χ2v) is 10.2. The van der Waals surface area contributed by atoms with Crippen molar-refractivity contribution in [2.75, 3.05) is 145 Å². The van der Waals surface area contributed by atoms with Crippen molar-refractivity contribution in [3.8, 4) is 0 Å². The summed E-state index contributed by atoms with van der Waals surface area (Å²) in [6.45, 7) is 15.2. The van der Waals surface area contributed by atoms with Crippen LogP contribution in [-0.2, 0) is 66.4 Å². The number of carbonyl (C=O) groups is 2. The zero-order valence-electron chi connectivity index (χ0n) is 29.5. The van der Waals surface area contributed by atoms with Gasteiger partial charge in [0.2, 0.25) is 0 Å². The van der Waals surface area contributed by atoms with Crippen LogP contribution in [0.5, 0.6) is 0 Å². The summed E-state index contributed by atoms with van der Waals surface area (Å²) in [6.07, 6.45) is 8.51. The third-order valence-electron chi connectivity index (χ3n) is 6.21. The van der Waals surface area contributed by atoms with Gasteiger partial charge >= 0.3 is 11.9 Å². The van der Waals surface area contributed by atoms with Crippen LogP contribution in [0.15, 0.2) is 12.7 Å². The van der Waals surface area contributed by atoms with E-state index in [-0.39, 0.29) is 19.2 Å². The van der Waals surface area contributed by atoms with E-state index in [1.807, 2.05) is 0 Å². The fourth-order valence-corrected chi connectivity index (χ4v) is 3.68. The zero-order chi connectivity index (χ0) is 34.9. The average Bonchev–Trinajstić information content (AvgIpc) is 3.09. The van der Waals surface area contributed by atoms with Gasteiger partial charge in [-0.25, -0.2) is 4.79 Å². The Morgan fingerprint density at radius 2 is 0.667 bits per heavy atom. The lowest BCUT2D eigenvalue weighted by molar-refractivity contribution is -0.145. The molecule has 0 aromatic carbocycles. The monoisotopic (exact) mass is 696 g/mol. The smallest absolute Gasteiger partial charge is 0.330 e. The molecule has 0 fully saturated rings. The molecule has 0 aromatic heterocycles. The largest absolute Gasteiger partial charge is 0.463 e. The predicted molar refractivity (Wildman–Crippen MR) is 178 cm³/mol. The van der Waals surface area contributed by atoms with Crippen LogP contribution in [0.3, 0.4) is 0 Å². The number of esters is 2. The van der Waals surface area contributed by atoms with Crippen molar-refractivity contribution in [2.24, 2.45) is 0 Å². The van der Waals surface area contributed by atoms with Crippen LogP contribution in [-0.4, -0.2) is 157 Å². The number of hydrogen-bond acceptors (Lipinski definition) is 14. The van der Waals surface area contributed by atoms with Gasteiger partial charge in [-0.2, -0.15) is 0 Å². The molecule has 0 radical (unpaired) electrons. The first kappa shape index (κ1) is 46.3. The van der Waals surface area contributed by atoms with Gasteiger partial charge in [0.25, 0.3) is 0 Å². The lowest BCUT2D eigenvalue weighted by Gasteiger charge is -2.09. The topological polar surface area (TPSA) is 145 Å². The first-order chi connectivity index (χ1) is 23.7. The number of ether oxygens (including phenoxy) is 12. The van der Waals surface area contributed by atoms with Crippen molar-refractivity contribution in [3.05, 3.63) is 12.7 Å². The molecule has 14 nitrogen and oxygen atoms in total. The standard InChI is InChI=1S/C34H64O14/c1-3-5-6-7-8-9-10-34(36)48-32-30-46-28-26-44-24-22-42-20-18-40-16-14-38-12-11-37-13-15-39-17-19-41-21-23-43-25-27-45-29-31-47-33(35)4-2/h4H,2-3,5-32H2,1H3. The molecular weight excluding hydrogens is 632 g/mol. The summed E-state index contributed by atoms with van der Waals surface area (Å²) < 4.78 is 64.2. The number of rotatable bonds is 41. The number of unbranched alkanes of at least 4 members (excludes halogenated alkanes) is 5. The third-order valence-corrected chi connectivity index (χ3v) is 6.21. The highest BCUT2D eigenvalue weighted by atomic mass is 16.6. The molecule has 14 heteroatoms. The third kappa shape index (κ3) is 40.5. The fourth-order valence-electron chi connectivity index (χ4n) is 3.68. The van der Waals surface area contributed by atoms with Crippen LogP contribution in [0.4, 0.5) is 0 Å². The molecule has 0 amide bonds. The second kappa shape index (κ2) is 41.5. The Morgan fingerprint density at radius 1 is 0.396 bits per heavy atom. The highest BCUT2D eigenvalue weighted by Crippen LogP contribution is 2.07. The average molecular weight is 697 g/mol. The lowest BCUT2D eigenvalue weighted by Crippen LogP contribution is -2.15. The maximum Gasteiger partial charge on any atom is 0.330 e. The van der Waals surface area contributed by atoms with Crippen LogP contribution in [0.25, 0.3) is 0 Å². The molecule has 0 heterocycles. The van der Waals surface area contributed by atoms with E-state index in [4.69, 9.17) is 56.8 Å². The highest BCUT2D eigenvalue weighted by molar-refractivity contribution is 5.81. The summed E-state index contributed by atoms with van der Waals surface area (Å²) in [4.78, 5) is 22.5. The van der Waals surface area contributed by atoms with Crippen molar-refractivity contribution >= 4 is 11.9 Å². The molecule has 0 spiro atoms. The SMILES string of the molecule is C=CC(=O)OCCOCCOCCOCCOCCOCCOCCOCCOCCOCCOCCOC(=O)CCCCCCCC. The van der Waals surface area contributed by atoms with Crippen LogP contribution in [0.1, 0.15) is 51.9 Å². The van der Waals surface area contributed by atoms with Gasteiger partial charge in [-0.05, 0) is 6.42 Å². The first-order valence-electron chi connectivity index (χ1n) is 17.4. The van der Waals surface area contributed by atoms with E-state index in [1.54, 1.807) is 0 Å². The van der Waals surface area contributed by atoms with Gasteiger partial charge in [0, 0.05) is 12.5 Å². The van der Waals surface area contributed by atoms with Gasteiger partial charge in [-0.3, -0.25) is 4.79 Å². The maximum absolute atomic E-state index is 11.7. The molecule has 0 saturated heterocycles. The summed E-state index contributed by atoms with van der Waals surface area (Å²) in [6, 6.07) is 0. The molecular formula is C34H64O14. The molecule has 0 rings (SSSR count). The maximum atomic E-state index is 11.7. The Morgan fingerprint density at radius 3 is 0.979 bits per heavy atom. The van der Waals surface area contributed by atoms with Gasteiger partial charge in [0.1, 0.15) is 13.2 Å². The fraction of sp³-hybridized carbons (Fsp3) is 0.882. The normalized spacial score (nSPS) is 11.2. The van der Waals surface area contributed by atoms with Crippen molar-refractivity contribution in [2.45, 2.75) is 51.9 Å². The second-order valence-electron chi connectivity index (χ2n) is 10.2. The quantitative estimate of drug-likeness (QED) is 0.0524. The molecule has 0 saturated carbocycles. The zero-order valence-corrected chi connectivity index (χ0v) is 29.5. The first-order valence-corrected chi connectivity index (χ1v) is 17.4. The minimum absolute atomic E-state index is 0.148. The number of carbonyl (C=O) groups excluding carboxylic acids is 2. The van der Waals surface area contributed by atoms with Gasteiger partial charge in [0.15, 0.2) is 0 Å². The van der Waals surface area contributed by atoms with Crippen molar-refractivity contribution < 1.29 is 66.4 Å². The van der Waals surface area contributed by atoms with Gasteiger partial charge in [-0.1, -0.05) is 45.6 Å². The molecule has 0 bridgehead atoms. The molecule has 48 heavy (non-hydrogen) atoms. The Kier molecular flexibility index (Phi) is 40.0. The Balaban J connectivity index is 3.10. The molecule has 0 unspecified atom stereocenters. The molecule has 284 valence electrons. The molecule has 0 N–H and O–H groups in total. The van der Waals surface area contributed by atoms with Crippen LogP contribution >= 0.6 is 0 Å². The van der Waals surface area contributed by atoms with Crippen molar-refractivity contribution in [3.63, 3.8) is 0 Å². The number of hydrogen-bond donors (Lipinski definition) is 0. The highest BCUT2D eigenvalue weighted by Gasteiger charge is 2.03. The van der Waals surface area contributed by atoms with Crippen LogP contribution in [0.2, 0.25) is 0 Å². The summed E-state index contributed by atoms with van der Waals surface area (Å²) in [5.41, 5.74) is 0. The van der Waals surface area contributed by atoms with E-state index in [9.17, 15) is 9.59 Å². The molecule has 0 aliphatic carbocycles. The summed E-state index contributed by atoms with van der Waals surface area (Å²) in [5.74, 6) is -0.609. The van der Waals surface area contributed by atoms with Crippen LogP contribution in [0, 0.1) is 0 Å². The summed E-state index contributed by atoms with van der Waals surface area (Å²) >= 11 is 0. The minimum atomic E-state index is -0.461. The Bertz CT molecular complexity index is 682. The van der Waals surface area contributed by atoms with Gasteiger partial charge in [0.05, 0.1) is 132 Å². The minimum Gasteiger partial charge on any atom is -0.463 e. The molecule has 0 aliphatic rings. The summed E-state index contributed by atoms with van der Waals surface area (Å²) in [7, 11) is 0. The Hall–Kier alpha value is -1.72. The van der Waals surface area contributed by atoms with Gasteiger partial charge < -0.3 is 56.8 Å². The predicted octanol–water partition coefficient (Wildman–Crippen LogP) is 3.18. The lowest BCUT2D eigenvalue weighted by atomic mass is 10.1.